The molecule has 0 radical (unpaired) electrons. The summed E-state index contributed by atoms with van der Waals surface area (Å²) in [5, 5.41) is 0. The van der Waals surface area contributed by atoms with E-state index in [4.69, 9.17) is 9.47 Å². The number of morpholine rings is 1. The maximum Gasteiger partial charge on any atom is 0.320 e. The molecule has 6 nitrogen and oxygen atoms in total. The smallest absolute Gasteiger partial charge is 0.320 e. The Morgan fingerprint density at radius 1 is 1.35 bits per heavy atom. The Labute approximate surface area is 120 Å². The number of carbonyl (C=O) groups is 2. The summed E-state index contributed by atoms with van der Waals surface area (Å²) in [6.07, 6.45) is 2.21. The standard InChI is InChI=1S/C14H24N2O4/c1-3-19-14(18)10-16(12-4-5-12)9-13(17)15-6-7-20-11(2)8-15/h11-12H,3-10H2,1-2H3/t11-/m1/s1. The quantitative estimate of drug-likeness (QED) is 0.655. The first-order valence-corrected chi connectivity index (χ1v) is 7.39. The van der Waals surface area contributed by atoms with Crippen LogP contribution in [-0.2, 0) is 19.1 Å². The predicted molar refractivity (Wildman–Crippen MR) is 73.2 cm³/mol. The van der Waals surface area contributed by atoms with Crippen molar-refractivity contribution in [1.29, 1.82) is 0 Å². The van der Waals surface area contributed by atoms with Crippen LogP contribution in [0.3, 0.4) is 0 Å². The van der Waals surface area contributed by atoms with E-state index in [2.05, 4.69) is 0 Å². The Kier molecular flexibility index (Phi) is 5.37. The zero-order valence-corrected chi connectivity index (χ0v) is 12.3. The first kappa shape index (κ1) is 15.3. The molecular weight excluding hydrogens is 260 g/mol. The number of esters is 1. The van der Waals surface area contributed by atoms with Crippen LogP contribution in [0, 0.1) is 0 Å². The van der Waals surface area contributed by atoms with Crippen LogP contribution in [0.5, 0.6) is 0 Å². The summed E-state index contributed by atoms with van der Waals surface area (Å²) in [5.74, 6) is -0.168. The van der Waals surface area contributed by atoms with Crippen molar-refractivity contribution in [2.24, 2.45) is 0 Å². The van der Waals surface area contributed by atoms with Crippen LogP contribution in [0.4, 0.5) is 0 Å². The van der Waals surface area contributed by atoms with Gasteiger partial charge in [0.25, 0.3) is 0 Å². The van der Waals surface area contributed by atoms with Crippen molar-refractivity contribution in [3.8, 4) is 0 Å². The molecule has 0 aromatic rings. The lowest BCUT2D eigenvalue weighted by atomic mass is 10.3. The molecule has 6 heteroatoms. The molecule has 1 aliphatic heterocycles. The molecule has 1 amide bonds. The molecule has 0 N–H and O–H groups in total. The van der Waals surface area contributed by atoms with Gasteiger partial charge in [0.05, 0.1) is 32.4 Å². The first-order chi connectivity index (χ1) is 9.60. The van der Waals surface area contributed by atoms with Crippen molar-refractivity contribution in [2.75, 3.05) is 39.4 Å². The summed E-state index contributed by atoms with van der Waals surface area (Å²) in [4.78, 5) is 27.7. The molecule has 20 heavy (non-hydrogen) atoms. The van der Waals surface area contributed by atoms with E-state index >= 15 is 0 Å². The SMILES string of the molecule is CCOC(=O)CN(CC(=O)N1CCO[C@H](C)C1)C1CC1. The molecule has 1 atom stereocenters. The molecule has 1 heterocycles. The summed E-state index contributed by atoms with van der Waals surface area (Å²) < 4.78 is 10.4. The second-order valence-electron chi connectivity index (χ2n) is 5.46. The number of amides is 1. The Morgan fingerprint density at radius 2 is 2.10 bits per heavy atom. The molecule has 1 saturated carbocycles. The van der Waals surface area contributed by atoms with E-state index in [0.29, 0.717) is 38.9 Å². The van der Waals surface area contributed by atoms with E-state index in [1.807, 2.05) is 16.7 Å². The van der Waals surface area contributed by atoms with Gasteiger partial charge in [-0.05, 0) is 26.7 Å². The fourth-order valence-corrected chi connectivity index (χ4v) is 2.44. The van der Waals surface area contributed by atoms with Gasteiger partial charge < -0.3 is 14.4 Å². The Morgan fingerprint density at radius 3 is 2.70 bits per heavy atom. The van der Waals surface area contributed by atoms with E-state index < -0.39 is 0 Å². The van der Waals surface area contributed by atoms with Crippen LogP contribution in [0.25, 0.3) is 0 Å². The van der Waals surface area contributed by atoms with Gasteiger partial charge in [0.1, 0.15) is 0 Å². The van der Waals surface area contributed by atoms with E-state index in [9.17, 15) is 9.59 Å². The molecule has 2 rings (SSSR count). The van der Waals surface area contributed by atoms with Crippen LogP contribution in [0.15, 0.2) is 0 Å². The highest BCUT2D eigenvalue weighted by molar-refractivity contribution is 5.79. The highest BCUT2D eigenvalue weighted by Gasteiger charge is 2.33. The van der Waals surface area contributed by atoms with Gasteiger partial charge in [-0.15, -0.1) is 0 Å². The van der Waals surface area contributed by atoms with E-state index in [0.717, 1.165) is 12.8 Å². The Hall–Kier alpha value is -1.14. The van der Waals surface area contributed by atoms with Crippen molar-refractivity contribution in [3.63, 3.8) is 0 Å². The van der Waals surface area contributed by atoms with Crippen LogP contribution < -0.4 is 0 Å². The van der Waals surface area contributed by atoms with Gasteiger partial charge in [0.2, 0.25) is 5.91 Å². The second-order valence-corrected chi connectivity index (χ2v) is 5.46. The number of rotatable bonds is 6. The minimum Gasteiger partial charge on any atom is -0.465 e. The molecule has 0 aromatic carbocycles. The number of carbonyl (C=O) groups excluding carboxylic acids is 2. The highest BCUT2D eigenvalue weighted by atomic mass is 16.5. The molecule has 2 aliphatic rings. The van der Waals surface area contributed by atoms with E-state index in [1.165, 1.54) is 0 Å². The van der Waals surface area contributed by atoms with E-state index in [-0.39, 0.29) is 24.5 Å². The topological polar surface area (TPSA) is 59.1 Å². The molecule has 0 unspecified atom stereocenters. The van der Waals surface area contributed by atoms with Gasteiger partial charge in [-0.3, -0.25) is 14.5 Å². The van der Waals surface area contributed by atoms with Gasteiger partial charge in [-0.25, -0.2) is 0 Å². The number of hydrogen-bond donors (Lipinski definition) is 0. The Bertz CT molecular complexity index is 357. The molecule has 0 aromatic heterocycles. The Balaban J connectivity index is 1.84. The van der Waals surface area contributed by atoms with Crippen LogP contribution in [-0.4, -0.2) is 73.2 Å². The van der Waals surface area contributed by atoms with Gasteiger partial charge in [0.15, 0.2) is 0 Å². The van der Waals surface area contributed by atoms with Crippen LogP contribution >= 0.6 is 0 Å². The zero-order chi connectivity index (χ0) is 14.5. The summed E-state index contributed by atoms with van der Waals surface area (Å²) in [7, 11) is 0. The zero-order valence-electron chi connectivity index (χ0n) is 12.3. The monoisotopic (exact) mass is 284 g/mol. The molecular formula is C14H24N2O4. The predicted octanol–water partition coefficient (Wildman–Crippen LogP) is 0.261. The van der Waals surface area contributed by atoms with Gasteiger partial charge in [-0.2, -0.15) is 0 Å². The average molecular weight is 284 g/mol. The third-order valence-corrected chi connectivity index (χ3v) is 3.63. The summed E-state index contributed by atoms with van der Waals surface area (Å²) >= 11 is 0. The molecule has 1 aliphatic carbocycles. The van der Waals surface area contributed by atoms with Crippen LogP contribution in [0.2, 0.25) is 0 Å². The maximum absolute atomic E-state index is 12.3. The third kappa shape index (κ3) is 4.45. The lowest BCUT2D eigenvalue weighted by molar-refractivity contribution is -0.146. The summed E-state index contributed by atoms with van der Waals surface area (Å²) in [6, 6.07) is 0.363. The normalized spacial score (nSPS) is 22.9. The fraction of sp³-hybridized carbons (Fsp3) is 0.857. The lowest BCUT2D eigenvalue weighted by Gasteiger charge is -2.33. The minimum absolute atomic E-state index is 0.0800. The second kappa shape index (κ2) is 7.04. The maximum atomic E-state index is 12.3. The molecule has 114 valence electrons. The third-order valence-electron chi connectivity index (χ3n) is 3.63. The highest BCUT2D eigenvalue weighted by Crippen LogP contribution is 2.26. The van der Waals surface area contributed by atoms with Crippen molar-refractivity contribution in [2.45, 2.75) is 38.8 Å². The average Bonchev–Trinajstić information content (AvgIpc) is 3.22. The summed E-state index contributed by atoms with van der Waals surface area (Å²) in [5.41, 5.74) is 0. The first-order valence-electron chi connectivity index (χ1n) is 7.39. The fourth-order valence-electron chi connectivity index (χ4n) is 2.44. The van der Waals surface area contributed by atoms with Crippen molar-refractivity contribution < 1.29 is 19.1 Å². The summed E-state index contributed by atoms with van der Waals surface area (Å²) in [6.45, 7) is 6.52. The minimum atomic E-state index is -0.248. The van der Waals surface area contributed by atoms with E-state index in [1.54, 1.807) is 6.92 Å². The van der Waals surface area contributed by atoms with Crippen molar-refractivity contribution in [1.82, 2.24) is 9.80 Å². The van der Waals surface area contributed by atoms with Gasteiger partial charge in [0, 0.05) is 19.1 Å². The largest absolute Gasteiger partial charge is 0.465 e. The van der Waals surface area contributed by atoms with Gasteiger partial charge >= 0.3 is 5.97 Å². The molecule has 0 bridgehead atoms. The van der Waals surface area contributed by atoms with Crippen molar-refractivity contribution >= 4 is 11.9 Å². The number of nitrogens with zero attached hydrogens (tertiary/aromatic N) is 2. The number of hydrogen-bond acceptors (Lipinski definition) is 5. The van der Waals surface area contributed by atoms with Crippen molar-refractivity contribution in [3.05, 3.63) is 0 Å². The molecule has 2 fully saturated rings. The molecule has 0 spiro atoms. The molecule has 1 saturated heterocycles. The van der Waals surface area contributed by atoms with Gasteiger partial charge in [-0.1, -0.05) is 0 Å². The van der Waals surface area contributed by atoms with Crippen LogP contribution in [0.1, 0.15) is 26.7 Å². The number of ether oxygens (including phenoxy) is 2. The lowest BCUT2D eigenvalue weighted by Crippen LogP contribution is -2.49.